The van der Waals surface area contributed by atoms with E-state index >= 15 is 0 Å². The number of hydrogen-bond donors (Lipinski definition) is 0. The Labute approximate surface area is 137 Å². The standard InChI is InChI=1S/C14H14N2O4S2/c1-3-6-15-13(17)12(22-14(15)21)8-9-7-10(16(18)19)4-5-11(9)20-2/h4-5,7-8H,3,6H2,1-2H3/b12-8-. The summed E-state index contributed by atoms with van der Waals surface area (Å²) in [5.41, 5.74) is 0.421. The quantitative estimate of drug-likeness (QED) is 0.355. The maximum absolute atomic E-state index is 12.3. The summed E-state index contributed by atoms with van der Waals surface area (Å²) in [7, 11) is 1.47. The third-order valence-corrected chi connectivity index (χ3v) is 4.41. The zero-order valence-corrected chi connectivity index (χ0v) is 13.7. The van der Waals surface area contributed by atoms with Crippen LogP contribution in [0.15, 0.2) is 23.1 Å². The number of nitro groups is 1. The van der Waals surface area contributed by atoms with Gasteiger partial charge in [-0.05, 0) is 18.6 Å². The molecule has 6 nitrogen and oxygen atoms in total. The van der Waals surface area contributed by atoms with Gasteiger partial charge in [0.2, 0.25) is 0 Å². The third kappa shape index (κ3) is 3.28. The van der Waals surface area contributed by atoms with E-state index in [4.69, 9.17) is 17.0 Å². The molecule has 0 radical (unpaired) electrons. The predicted octanol–water partition coefficient (Wildman–Crippen LogP) is 3.21. The number of methoxy groups -OCH3 is 1. The first-order valence-electron chi connectivity index (χ1n) is 6.55. The molecule has 0 N–H and O–H groups in total. The van der Waals surface area contributed by atoms with Crippen molar-refractivity contribution >= 4 is 46.0 Å². The van der Waals surface area contributed by atoms with Gasteiger partial charge in [-0.1, -0.05) is 30.9 Å². The molecule has 22 heavy (non-hydrogen) atoms. The number of ether oxygens (including phenoxy) is 1. The lowest BCUT2D eigenvalue weighted by Gasteiger charge is -2.12. The van der Waals surface area contributed by atoms with Gasteiger partial charge in [0.15, 0.2) is 0 Å². The molecule has 8 heteroatoms. The van der Waals surface area contributed by atoms with Crippen molar-refractivity contribution in [2.45, 2.75) is 13.3 Å². The average Bonchev–Trinajstić information content (AvgIpc) is 2.75. The minimum Gasteiger partial charge on any atom is -0.496 e. The fourth-order valence-corrected chi connectivity index (χ4v) is 3.31. The number of non-ortho nitro benzene ring substituents is 1. The monoisotopic (exact) mass is 338 g/mol. The summed E-state index contributed by atoms with van der Waals surface area (Å²) in [6.45, 7) is 2.53. The van der Waals surface area contributed by atoms with E-state index in [1.807, 2.05) is 6.92 Å². The van der Waals surface area contributed by atoms with Crippen molar-refractivity contribution in [3.05, 3.63) is 38.8 Å². The summed E-state index contributed by atoms with van der Waals surface area (Å²) in [6, 6.07) is 4.25. The van der Waals surface area contributed by atoms with Gasteiger partial charge >= 0.3 is 0 Å². The van der Waals surface area contributed by atoms with Crippen LogP contribution in [-0.2, 0) is 4.79 Å². The van der Waals surface area contributed by atoms with E-state index in [9.17, 15) is 14.9 Å². The summed E-state index contributed by atoms with van der Waals surface area (Å²) in [4.78, 5) is 24.7. The lowest BCUT2D eigenvalue weighted by atomic mass is 10.1. The van der Waals surface area contributed by atoms with Gasteiger partial charge in [-0.2, -0.15) is 0 Å². The molecule has 1 aliphatic rings. The largest absolute Gasteiger partial charge is 0.496 e. The van der Waals surface area contributed by atoms with Crippen LogP contribution in [0.25, 0.3) is 6.08 Å². The van der Waals surface area contributed by atoms with Crippen molar-refractivity contribution < 1.29 is 14.5 Å². The topological polar surface area (TPSA) is 72.7 Å². The molecule has 0 spiro atoms. The smallest absolute Gasteiger partial charge is 0.270 e. The van der Waals surface area contributed by atoms with E-state index in [1.165, 1.54) is 42.0 Å². The molecule has 0 bridgehead atoms. The molecule has 1 aromatic carbocycles. The van der Waals surface area contributed by atoms with Gasteiger partial charge in [0.25, 0.3) is 11.6 Å². The molecule has 1 aliphatic heterocycles. The second-order valence-electron chi connectivity index (χ2n) is 4.52. The summed E-state index contributed by atoms with van der Waals surface area (Å²) >= 11 is 6.39. The Morgan fingerprint density at radius 1 is 1.50 bits per heavy atom. The summed E-state index contributed by atoms with van der Waals surface area (Å²) < 4.78 is 5.69. The molecule has 116 valence electrons. The maximum atomic E-state index is 12.3. The van der Waals surface area contributed by atoms with Crippen molar-refractivity contribution in [1.29, 1.82) is 0 Å². The minimum absolute atomic E-state index is 0.0592. The summed E-state index contributed by atoms with van der Waals surface area (Å²) in [5.74, 6) is 0.289. The fourth-order valence-electron chi connectivity index (χ4n) is 2.01. The van der Waals surface area contributed by atoms with Crippen LogP contribution in [0, 0.1) is 10.1 Å². The number of nitro benzene ring substituents is 1. The molecule has 0 aliphatic carbocycles. The van der Waals surface area contributed by atoms with Crippen molar-refractivity contribution in [2.75, 3.05) is 13.7 Å². The Morgan fingerprint density at radius 2 is 2.23 bits per heavy atom. The van der Waals surface area contributed by atoms with Crippen molar-refractivity contribution in [2.24, 2.45) is 0 Å². The van der Waals surface area contributed by atoms with Gasteiger partial charge in [-0.15, -0.1) is 0 Å². The SMILES string of the molecule is CCCN1C(=O)/C(=C/c2cc([N+](=O)[O-])ccc2OC)SC1=S. The summed E-state index contributed by atoms with van der Waals surface area (Å²) in [5, 5.41) is 10.9. The van der Waals surface area contributed by atoms with Gasteiger partial charge in [0, 0.05) is 24.2 Å². The number of hydrogen-bond acceptors (Lipinski definition) is 6. The number of thiocarbonyl (C=S) groups is 1. The Kier molecular flexibility index (Phi) is 5.15. The Morgan fingerprint density at radius 3 is 2.82 bits per heavy atom. The number of thioether (sulfide) groups is 1. The molecule has 0 aromatic heterocycles. The molecule has 1 heterocycles. The Balaban J connectivity index is 2.40. The molecule has 2 rings (SSSR count). The Hall–Kier alpha value is -1.93. The van der Waals surface area contributed by atoms with E-state index in [2.05, 4.69) is 0 Å². The van der Waals surface area contributed by atoms with Crippen molar-refractivity contribution in [3.8, 4) is 5.75 Å². The Bertz CT molecular complexity index is 673. The molecule has 0 atom stereocenters. The molecule has 1 saturated heterocycles. The van der Waals surface area contributed by atoms with Gasteiger partial charge < -0.3 is 4.74 Å². The van der Waals surface area contributed by atoms with Crippen LogP contribution < -0.4 is 4.74 Å². The second-order valence-corrected chi connectivity index (χ2v) is 6.19. The molecule has 1 aromatic rings. The number of carbonyl (C=O) groups is 1. The van der Waals surface area contributed by atoms with E-state index in [-0.39, 0.29) is 11.6 Å². The molecular formula is C14H14N2O4S2. The zero-order chi connectivity index (χ0) is 16.3. The molecule has 1 amide bonds. The zero-order valence-electron chi connectivity index (χ0n) is 12.1. The lowest BCUT2D eigenvalue weighted by molar-refractivity contribution is -0.384. The van der Waals surface area contributed by atoms with Crippen LogP contribution in [0.2, 0.25) is 0 Å². The second kappa shape index (κ2) is 6.89. The normalized spacial score (nSPS) is 16.5. The number of amides is 1. The van der Waals surface area contributed by atoms with Crippen LogP contribution >= 0.6 is 24.0 Å². The predicted molar refractivity (Wildman–Crippen MR) is 89.8 cm³/mol. The van der Waals surface area contributed by atoms with Gasteiger partial charge in [-0.3, -0.25) is 19.8 Å². The van der Waals surface area contributed by atoms with E-state index < -0.39 is 4.92 Å². The summed E-state index contributed by atoms with van der Waals surface area (Å²) in [6.07, 6.45) is 2.39. The molecular weight excluding hydrogens is 324 g/mol. The maximum Gasteiger partial charge on any atom is 0.270 e. The fraction of sp³-hybridized carbons (Fsp3) is 0.286. The van der Waals surface area contributed by atoms with Gasteiger partial charge in [-0.25, -0.2) is 0 Å². The van der Waals surface area contributed by atoms with E-state index in [0.717, 1.165) is 6.42 Å². The molecule has 0 saturated carbocycles. The first kappa shape index (κ1) is 16.4. The highest BCUT2D eigenvalue weighted by molar-refractivity contribution is 8.26. The highest BCUT2D eigenvalue weighted by atomic mass is 32.2. The molecule has 0 unspecified atom stereocenters. The lowest BCUT2D eigenvalue weighted by Crippen LogP contribution is -2.28. The van der Waals surface area contributed by atoms with Crippen LogP contribution in [0.4, 0.5) is 5.69 Å². The van der Waals surface area contributed by atoms with E-state index in [1.54, 1.807) is 6.08 Å². The first-order chi connectivity index (χ1) is 10.5. The van der Waals surface area contributed by atoms with Crippen LogP contribution in [0.1, 0.15) is 18.9 Å². The van der Waals surface area contributed by atoms with Crippen LogP contribution in [0.5, 0.6) is 5.75 Å². The average molecular weight is 338 g/mol. The highest BCUT2D eigenvalue weighted by Crippen LogP contribution is 2.35. The van der Waals surface area contributed by atoms with Crippen LogP contribution in [0.3, 0.4) is 0 Å². The third-order valence-electron chi connectivity index (χ3n) is 3.03. The number of carbonyl (C=O) groups excluding carboxylic acids is 1. The van der Waals surface area contributed by atoms with E-state index in [0.29, 0.717) is 27.1 Å². The molecule has 1 fully saturated rings. The van der Waals surface area contributed by atoms with Gasteiger partial charge in [0.1, 0.15) is 10.1 Å². The van der Waals surface area contributed by atoms with Crippen LogP contribution in [-0.4, -0.2) is 33.7 Å². The number of benzene rings is 1. The first-order valence-corrected chi connectivity index (χ1v) is 7.78. The van der Waals surface area contributed by atoms with Crippen molar-refractivity contribution in [1.82, 2.24) is 4.90 Å². The number of nitrogens with zero attached hydrogens (tertiary/aromatic N) is 2. The van der Waals surface area contributed by atoms with Gasteiger partial charge in [0.05, 0.1) is 16.9 Å². The number of rotatable bonds is 5. The van der Waals surface area contributed by atoms with Crippen molar-refractivity contribution in [3.63, 3.8) is 0 Å². The highest BCUT2D eigenvalue weighted by Gasteiger charge is 2.31. The minimum atomic E-state index is -0.487.